The molecule has 140 valence electrons. The number of hydrogen-bond donors (Lipinski definition) is 1. The van der Waals surface area contributed by atoms with Gasteiger partial charge in [0.05, 0.1) is 17.0 Å². The maximum absolute atomic E-state index is 12.6. The third-order valence-electron chi connectivity index (χ3n) is 4.08. The van der Waals surface area contributed by atoms with Gasteiger partial charge in [0.15, 0.2) is 0 Å². The lowest BCUT2D eigenvalue weighted by molar-refractivity contribution is -0.114. The monoisotopic (exact) mass is 394 g/mol. The summed E-state index contributed by atoms with van der Waals surface area (Å²) in [5, 5.41) is 3.11. The number of anilines is 2. The second kappa shape index (κ2) is 7.68. The van der Waals surface area contributed by atoms with Crippen molar-refractivity contribution >= 4 is 38.9 Å². The molecule has 7 heteroatoms. The van der Waals surface area contributed by atoms with Crippen LogP contribution in [0.25, 0.3) is 0 Å². The van der Waals surface area contributed by atoms with Gasteiger partial charge in [0, 0.05) is 5.69 Å². The molecule has 2 aromatic carbocycles. The highest BCUT2D eigenvalue weighted by Crippen LogP contribution is 2.32. The summed E-state index contributed by atoms with van der Waals surface area (Å²) in [6.45, 7) is 7.07. The van der Waals surface area contributed by atoms with Crippen molar-refractivity contribution in [3.63, 3.8) is 0 Å². The largest absolute Gasteiger partial charge is 0.324 e. The minimum absolute atomic E-state index is 0.299. The highest BCUT2D eigenvalue weighted by atomic mass is 35.5. The second-order valence-corrected chi connectivity index (χ2v) is 8.81. The van der Waals surface area contributed by atoms with Crippen molar-refractivity contribution < 1.29 is 13.2 Å². The zero-order chi connectivity index (χ0) is 19.6. The Morgan fingerprint density at radius 3 is 2.15 bits per heavy atom. The Balaban J connectivity index is 2.37. The van der Waals surface area contributed by atoms with Gasteiger partial charge in [0.1, 0.15) is 6.54 Å². The normalized spacial score (nSPS) is 11.3. The molecular formula is C19H23ClN2O3S. The SMILES string of the molecule is Cc1cc(C)c(N(CC(=O)Nc2c(C)cccc2C)S(C)(=O)=O)c(Cl)c1. The number of nitrogens with zero attached hydrogens (tertiary/aromatic N) is 1. The van der Waals surface area contributed by atoms with Crippen LogP contribution in [0, 0.1) is 27.7 Å². The Hall–Kier alpha value is -2.05. The van der Waals surface area contributed by atoms with Crippen molar-refractivity contribution in [1.29, 1.82) is 0 Å². The van der Waals surface area contributed by atoms with E-state index in [1.54, 1.807) is 13.0 Å². The van der Waals surface area contributed by atoms with Crippen LogP contribution in [-0.2, 0) is 14.8 Å². The molecule has 0 unspecified atom stereocenters. The molecule has 0 saturated carbocycles. The number of hydrogen-bond acceptors (Lipinski definition) is 3. The van der Waals surface area contributed by atoms with Gasteiger partial charge in [-0.3, -0.25) is 9.10 Å². The van der Waals surface area contributed by atoms with Crippen LogP contribution < -0.4 is 9.62 Å². The second-order valence-electron chi connectivity index (χ2n) is 6.50. The van der Waals surface area contributed by atoms with E-state index in [9.17, 15) is 13.2 Å². The van der Waals surface area contributed by atoms with E-state index >= 15 is 0 Å². The summed E-state index contributed by atoms with van der Waals surface area (Å²) in [6, 6.07) is 9.20. The van der Waals surface area contributed by atoms with Crippen LogP contribution in [0.3, 0.4) is 0 Å². The number of halogens is 1. The average Bonchev–Trinajstić information content (AvgIpc) is 2.48. The molecule has 0 atom stereocenters. The van der Waals surface area contributed by atoms with E-state index in [4.69, 9.17) is 11.6 Å². The summed E-state index contributed by atoms with van der Waals surface area (Å²) in [4.78, 5) is 12.6. The first-order valence-electron chi connectivity index (χ1n) is 8.11. The topological polar surface area (TPSA) is 66.5 Å². The first kappa shape index (κ1) is 20.3. The minimum Gasteiger partial charge on any atom is -0.324 e. The lowest BCUT2D eigenvalue weighted by Crippen LogP contribution is -2.38. The van der Waals surface area contributed by atoms with E-state index in [-0.39, 0.29) is 6.54 Å². The summed E-state index contributed by atoms with van der Waals surface area (Å²) in [6.07, 6.45) is 1.06. The number of rotatable bonds is 5. The Labute approximate surface area is 160 Å². The summed E-state index contributed by atoms with van der Waals surface area (Å²) in [5.74, 6) is -0.427. The summed E-state index contributed by atoms with van der Waals surface area (Å²) in [5.41, 5.74) is 4.46. The molecule has 0 radical (unpaired) electrons. The number of nitrogens with one attached hydrogen (secondary N) is 1. The molecule has 0 fully saturated rings. The smallest absolute Gasteiger partial charge is 0.245 e. The number of aryl methyl sites for hydroxylation is 4. The van der Waals surface area contributed by atoms with Gasteiger partial charge in [-0.1, -0.05) is 35.9 Å². The van der Waals surface area contributed by atoms with Crippen LogP contribution in [0.15, 0.2) is 30.3 Å². The van der Waals surface area contributed by atoms with Crippen LogP contribution in [0.4, 0.5) is 11.4 Å². The van der Waals surface area contributed by atoms with Crippen molar-refractivity contribution in [3.8, 4) is 0 Å². The fourth-order valence-corrected chi connectivity index (χ4v) is 4.31. The third kappa shape index (κ3) is 4.56. The van der Waals surface area contributed by atoms with Gasteiger partial charge in [0.2, 0.25) is 15.9 Å². The summed E-state index contributed by atoms with van der Waals surface area (Å²) < 4.78 is 25.7. The Kier molecular flexibility index (Phi) is 5.98. The van der Waals surface area contributed by atoms with Gasteiger partial charge >= 0.3 is 0 Å². The first-order chi connectivity index (χ1) is 12.0. The van der Waals surface area contributed by atoms with E-state index in [2.05, 4.69) is 5.32 Å². The predicted octanol–water partition coefficient (Wildman–Crippen LogP) is 3.98. The first-order valence-corrected chi connectivity index (χ1v) is 10.3. The zero-order valence-corrected chi connectivity index (χ0v) is 17.1. The lowest BCUT2D eigenvalue weighted by atomic mass is 10.1. The molecule has 0 spiro atoms. The zero-order valence-electron chi connectivity index (χ0n) is 15.6. The molecule has 26 heavy (non-hydrogen) atoms. The number of benzene rings is 2. The molecule has 0 heterocycles. The Bertz CT molecular complexity index is 912. The lowest BCUT2D eigenvalue weighted by Gasteiger charge is -2.25. The van der Waals surface area contributed by atoms with Crippen molar-refractivity contribution in [2.24, 2.45) is 0 Å². The van der Waals surface area contributed by atoms with Crippen LogP contribution >= 0.6 is 11.6 Å². The molecule has 0 aromatic heterocycles. The number of carbonyl (C=O) groups excluding carboxylic acids is 1. The van der Waals surface area contributed by atoms with Crippen LogP contribution in [0.5, 0.6) is 0 Å². The fraction of sp³-hybridized carbons (Fsp3) is 0.316. The van der Waals surface area contributed by atoms with Crippen molar-refractivity contribution in [3.05, 3.63) is 57.6 Å². The molecule has 1 N–H and O–H groups in total. The van der Waals surface area contributed by atoms with Gasteiger partial charge in [-0.15, -0.1) is 0 Å². The Morgan fingerprint density at radius 2 is 1.65 bits per heavy atom. The number of sulfonamides is 1. The van der Waals surface area contributed by atoms with Crippen LogP contribution in [0.2, 0.25) is 5.02 Å². The number of carbonyl (C=O) groups is 1. The highest BCUT2D eigenvalue weighted by Gasteiger charge is 2.25. The molecule has 1 amide bonds. The van der Waals surface area contributed by atoms with E-state index in [1.165, 1.54) is 0 Å². The third-order valence-corrected chi connectivity index (χ3v) is 5.48. The van der Waals surface area contributed by atoms with Gasteiger partial charge in [-0.05, 0) is 56.0 Å². The van der Waals surface area contributed by atoms with E-state index in [0.717, 1.165) is 27.3 Å². The molecule has 0 aliphatic heterocycles. The van der Waals surface area contributed by atoms with E-state index in [0.29, 0.717) is 22.0 Å². The minimum atomic E-state index is -3.70. The standard InChI is InChI=1S/C19H23ClN2O3S/c1-12-9-15(4)19(16(20)10-12)22(26(5,24)25)11-17(23)21-18-13(2)7-6-8-14(18)3/h6-10H,11H2,1-5H3,(H,21,23). The quantitative estimate of drug-likeness (QED) is 0.834. The maximum atomic E-state index is 12.6. The highest BCUT2D eigenvalue weighted by molar-refractivity contribution is 7.92. The predicted molar refractivity (Wildman–Crippen MR) is 108 cm³/mol. The fourth-order valence-electron chi connectivity index (χ4n) is 2.91. The number of amides is 1. The van der Waals surface area contributed by atoms with Crippen LogP contribution in [-0.4, -0.2) is 27.1 Å². The average molecular weight is 395 g/mol. The molecule has 0 aliphatic carbocycles. The molecule has 0 aliphatic rings. The molecule has 0 bridgehead atoms. The van der Waals surface area contributed by atoms with Crippen molar-refractivity contribution in [1.82, 2.24) is 0 Å². The van der Waals surface area contributed by atoms with E-state index in [1.807, 2.05) is 45.0 Å². The molecular weight excluding hydrogens is 372 g/mol. The number of para-hydroxylation sites is 1. The molecule has 2 aromatic rings. The van der Waals surface area contributed by atoms with Crippen molar-refractivity contribution in [2.45, 2.75) is 27.7 Å². The van der Waals surface area contributed by atoms with Crippen molar-refractivity contribution in [2.75, 3.05) is 22.4 Å². The molecule has 0 saturated heterocycles. The van der Waals surface area contributed by atoms with Gasteiger partial charge in [-0.25, -0.2) is 8.42 Å². The molecule has 2 rings (SSSR count). The van der Waals surface area contributed by atoms with Gasteiger partial charge in [-0.2, -0.15) is 0 Å². The molecule has 5 nitrogen and oxygen atoms in total. The Morgan fingerprint density at radius 1 is 1.08 bits per heavy atom. The van der Waals surface area contributed by atoms with Gasteiger partial charge < -0.3 is 5.32 Å². The summed E-state index contributed by atoms with van der Waals surface area (Å²) in [7, 11) is -3.70. The maximum Gasteiger partial charge on any atom is 0.245 e. The van der Waals surface area contributed by atoms with Crippen LogP contribution in [0.1, 0.15) is 22.3 Å². The van der Waals surface area contributed by atoms with E-state index < -0.39 is 15.9 Å². The van der Waals surface area contributed by atoms with Gasteiger partial charge in [0.25, 0.3) is 0 Å². The summed E-state index contributed by atoms with van der Waals surface area (Å²) >= 11 is 6.29.